The Bertz CT molecular complexity index is 599. The second kappa shape index (κ2) is 6.93. The van der Waals surface area contributed by atoms with Gasteiger partial charge in [-0.1, -0.05) is 18.2 Å². The molecule has 1 amide bonds. The lowest BCUT2D eigenvalue weighted by Gasteiger charge is -2.22. The quantitative estimate of drug-likeness (QED) is 0.808. The fourth-order valence-electron chi connectivity index (χ4n) is 1.43. The van der Waals surface area contributed by atoms with Crippen molar-refractivity contribution in [3.63, 3.8) is 0 Å². The summed E-state index contributed by atoms with van der Waals surface area (Å²) in [7, 11) is -4.39. The maximum Gasteiger partial charge on any atom is 0.422 e. The number of carbonyl (C=O) groups excluding carboxylic acids is 1. The molecule has 1 aromatic carbocycles. The Kier molecular flexibility index (Phi) is 5.53. The van der Waals surface area contributed by atoms with E-state index < -0.39 is 34.9 Å². The van der Waals surface area contributed by atoms with E-state index in [9.17, 15) is 18.0 Å². The summed E-state index contributed by atoms with van der Waals surface area (Å²) in [5.41, 5.74) is 0.116. The number of hydrogen-bond acceptors (Lipinski definition) is 5. The average Bonchev–Trinajstić information content (AvgIpc) is 2.34. The van der Waals surface area contributed by atoms with Crippen molar-refractivity contribution in [1.82, 2.24) is 4.72 Å². The summed E-state index contributed by atoms with van der Waals surface area (Å²) in [6.07, 6.45) is -1.68. The van der Waals surface area contributed by atoms with E-state index in [1.165, 1.54) is 12.1 Å². The van der Waals surface area contributed by atoms with Gasteiger partial charge < -0.3 is 9.84 Å². The van der Waals surface area contributed by atoms with Crippen LogP contribution >= 0.6 is 0 Å². The minimum Gasteiger partial charge on any atom is -0.480 e. The molecule has 8 nitrogen and oxygen atoms in total. The summed E-state index contributed by atoms with van der Waals surface area (Å²) in [6, 6.07) is 7.57. The second-order valence-electron chi connectivity index (χ2n) is 4.30. The Hall–Kier alpha value is -2.29. The number of carboxylic acids is 1. The van der Waals surface area contributed by atoms with Gasteiger partial charge in [-0.3, -0.25) is 4.79 Å². The summed E-state index contributed by atoms with van der Waals surface area (Å²) in [4.78, 5) is 22.2. The van der Waals surface area contributed by atoms with E-state index >= 15 is 0 Å². The third kappa shape index (κ3) is 5.30. The molecule has 0 aliphatic heterocycles. The van der Waals surface area contributed by atoms with Crippen LogP contribution in [-0.4, -0.2) is 38.2 Å². The van der Waals surface area contributed by atoms with E-state index in [2.05, 4.69) is 4.74 Å². The molecular weight excluding hydrogens is 300 g/mol. The highest BCUT2D eigenvalue weighted by atomic mass is 32.2. The minimum atomic E-state index is -4.39. The monoisotopic (exact) mass is 316 g/mol. The molecule has 0 bridgehead atoms. The first-order valence-electron chi connectivity index (χ1n) is 6.00. The number of nitrogens with zero attached hydrogens (tertiary/aromatic N) is 1. The fraction of sp³-hybridized carbons (Fsp3) is 0.333. The van der Waals surface area contributed by atoms with Gasteiger partial charge in [0.2, 0.25) is 0 Å². The summed E-state index contributed by atoms with van der Waals surface area (Å²) < 4.78 is 31.1. The molecule has 0 spiro atoms. The number of aliphatic carboxylic acids is 1. The number of ether oxygens (including phenoxy) is 1. The zero-order valence-electron chi connectivity index (χ0n) is 11.5. The Morgan fingerprint density at radius 3 is 2.33 bits per heavy atom. The van der Waals surface area contributed by atoms with Gasteiger partial charge in [0.05, 0.1) is 11.8 Å². The number of carbonyl (C=O) groups is 2. The van der Waals surface area contributed by atoms with Gasteiger partial charge in [-0.25, -0.2) is 13.8 Å². The van der Waals surface area contributed by atoms with Crippen LogP contribution in [0.2, 0.25) is 0 Å². The van der Waals surface area contributed by atoms with Crippen LogP contribution in [0.1, 0.15) is 13.8 Å². The third-order valence-corrected chi connectivity index (χ3v) is 3.51. The molecule has 0 aromatic heterocycles. The molecule has 0 saturated carbocycles. The molecule has 0 aliphatic rings. The number of rotatable bonds is 6. The van der Waals surface area contributed by atoms with Crippen molar-refractivity contribution in [2.24, 2.45) is 0 Å². The molecule has 0 saturated heterocycles. The van der Waals surface area contributed by atoms with E-state index in [-0.39, 0.29) is 5.69 Å². The molecule has 0 heterocycles. The topological polar surface area (TPSA) is 113 Å². The molecule has 0 aliphatic carbocycles. The second-order valence-corrected chi connectivity index (χ2v) is 5.89. The zero-order chi connectivity index (χ0) is 16.0. The molecule has 1 rings (SSSR count). The van der Waals surface area contributed by atoms with Gasteiger partial charge in [-0.15, -0.1) is 0 Å². The molecule has 0 unspecified atom stereocenters. The lowest BCUT2D eigenvalue weighted by Crippen LogP contribution is -2.46. The summed E-state index contributed by atoms with van der Waals surface area (Å²) in [5.74, 6) is -1.36. The van der Waals surface area contributed by atoms with Crippen LogP contribution in [0.4, 0.5) is 10.5 Å². The number of hydrogen-bond donors (Lipinski definition) is 2. The maximum atomic E-state index is 12.1. The van der Waals surface area contributed by atoms with E-state index in [1.54, 1.807) is 36.8 Å². The van der Waals surface area contributed by atoms with Crippen molar-refractivity contribution in [3.8, 4) is 0 Å². The van der Waals surface area contributed by atoms with Gasteiger partial charge in [0.1, 0.15) is 6.54 Å². The van der Waals surface area contributed by atoms with Crippen molar-refractivity contribution in [2.45, 2.75) is 20.0 Å². The smallest absolute Gasteiger partial charge is 0.422 e. The highest BCUT2D eigenvalue weighted by molar-refractivity contribution is 7.91. The van der Waals surface area contributed by atoms with Gasteiger partial charge in [0.25, 0.3) is 0 Å². The standard InChI is InChI=1S/C12H16N2O6S/c1-9(2)20-12(17)13-21(18,19)14(8-11(15)16)10-6-4-3-5-7-10/h3-7,9H,8H2,1-2H3,(H,13,17)(H,15,16). The maximum absolute atomic E-state index is 12.1. The Morgan fingerprint density at radius 2 is 1.86 bits per heavy atom. The number of anilines is 1. The van der Waals surface area contributed by atoms with Crippen molar-refractivity contribution < 1.29 is 27.9 Å². The van der Waals surface area contributed by atoms with Gasteiger partial charge in [0, 0.05) is 0 Å². The lowest BCUT2D eigenvalue weighted by molar-refractivity contribution is -0.135. The van der Waals surface area contributed by atoms with Gasteiger partial charge >= 0.3 is 22.3 Å². The number of para-hydroxylation sites is 1. The van der Waals surface area contributed by atoms with Crippen LogP contribution in [0.25, 0.3) is 0 Å². The predicted octanol–water partition coefficient (Wildman–Crippen LogP) is 0.957. The van der Waals surface area contributed by atoms with Gasteiger partial charge in [-0.2, -0.15) is 8.42 Å². The van der Waals surface area contributed by atoms with Crippen molar-refractivity contribution in [2.75, 3.05) is 10.8 Å². The first-order chi connectivity index (χ1) is 9.72. The first kappa shape index (κ1) is 16.8. The Balaban J connectivity index is 3.02. The number of benzene rings is 1. The molecule has 1 aromatic rings. The van der Waals surface area contributed by atoms with Crippen LogP contribution in [0, 0.1) is 0 Å². The average molecular weight is 316 g/mol. The zero-order valence-corrected chi connectivity index (χ0v) is 12.3. The highest BCUT2D eigenvalue weighted by Gasteiger charge is 2.27. The van der Waals surface area contributed by atoms with Crippen LogP contribution in [0.3, 0.4) is 0 Å². The summed E-state index contributed by atoms with van der Waals surface area (Å²) in [6.45, 7) is 2.28. The predicted molar refractivity (Wildman–Crippen MR) is 75.1 cm³/mol. The normalized spacial score (nSPS) is 11.0. The number of nitrogens with one attached hydrogen (secondary N) is 1. The van der Waals surface area contributed by atoms with Crippen LogP contribution < -0.4 is 9.03 Å². The van der Waals surface area contributed by atoms with E-state index in [0.29, 0.717) is 4.31 Å². The van der Waals surface area contributed by atoms with E-state index in [1.807, 2.05) is 0 Å². The van der Waals surface area contributed by atoms with Gasteiger partial charge in [-0.05, 0) is 26.0 Å². The van der Waals surface area contributed by atoms with Crippen LogP contribution in [-0.2, 0) is 19.7 Å². The van der Waals surface area contributed by atoms with Gasteiger partial charge in [0.15, 0.2) is 0 Å². The largest absolute Gasteiger partial charge is 0.480 e. The van der Waals surface area contributed by atoms with Crippen LogP contribution in [0.15, 0.2) is 30.3 Å². The van der Waals surface area contributed by atoms with E-state index in [4.69, 9.17) is 5.11 Å². The SMILES string of the molecule is CC(C)OC(=O)NS(=O)(=O)N(CC(=O)O)c1ccccc1. The third-order valence-electron chi connectivity index (χ3n) is 2.17. The van der Waals surface area contributed by atoms with E-state index in [0.717, 1.165) is 0 Å². The molecule has 0 radical (unpaired) electrons. The fourth-order valence-corrected chi connectivity index (χ4v) is 2.48. The van der Waals surface area contributed by atoms with Crippen molar-refractivity contribution >= 4 is 28.0 Å². The Morgan fingerprint density at radius 1 is 1.29 bits per heavy atom. The summed E-state index contributed by atoms with van der Waals surface area (Å²) in [5, 5.41) is 8.84. The highest BCUT2D eigenvalue weighted by Crippen LogP contribution is 2.16. The minimum absolute atomic E-state index is 0.116. The van der Waals surface area contributed by atoms with Crippen molar-refractivity contribution in [3.05, 3.63) is 30.3 Å². The molecule has 116 valence electrons. The molecule has 9 heteroatoms. The lowest BCUT2D eigenvalue weighted by atomic mass is 10.3. The summed E-state index contributed by atoms with van der Waals surface area (Å²) >= 11 is 0. The van der Waals surface area contributed by atoms with Crippen molar-refractivity contribution in [1.29, 1.82) is 0 Å². The van der Waals surface area contributed by atoms with Crippen LogP contribution in [0.5, 0.6) is 0 Å². The molecule has 2 N–H and O–H groups in total. The molecular formula is C12H16N2O6S. The molecule has 0 fully saturated rings. The number of amides is 1. The molecule has 0 atom stereocenters. The first-order valence-corrected chi connectivity index (χ1v) is 7.44. The Labute approximate surface area is 122 Å². The molecule has 21 heavy (non-hydrogen) atoms. The number of carboxylic acid groups (broad SMARTS) is 1.